The first-order valence-electron chi connectivity index (χ1n) is 6.97. The summed E-state index contributed by atoms with van der Waals surface area (Å²) in [4.78, 5) is 12.2. The summed E-state index contributed by atoms with van der Waals surface area (Å²) in [6.07, 6.45) is 3.76. The van der Waals surface area contributed by atoms with Crippen molar-refractivity contribution < 1.29 is 18.7 Å². The summed E-state index contributed by atoms with van der Waals surface area (Å²) >= 11 is 0. The Labute approximate surface area is 118 Å². The molecule has 1 aromatic carbocycles. The van der Waals surface area contributed by atoms with E-state index in [0.29, 0.717) is 6.54 Å². The van der Waals surface area contributed by atoms with Gasteiger partial charge in [0.1, 0.15) is 17.3 Å². The first-order valence-corrected chi connectivity index (χ1v) is 6.97. The highest BCUT2D eigenvalue weighted by Gasteiger charge is 2.17. The SMILES string of the molecule is CCCCCCN(CCC(=O)O)c1c(F)cccc1F. The Morgan fingerprint density at radius 3 is 2.35 bits per heavy atom. The van der Waals surface area contributed by atoms with Crippen LogP contribution in [0.3, 0.4) is 0 Å². The normalized spacial score (nSPS) is 10.6. The third-order valence-electron chi connectivity index (χ3n) is 3.13. The number of carboxylic acid groups (broad SMARTS) is 1. The molecular formula is C15H21F2NO2. The van der Waals surface area contributed by atoms with Gasteiger partial charge in [-0.2, -0.15) is 0 Å². The number of rotatable bonds is 9. The van der Waals surface area contributed by atoms with Crippen molar-refractivity contribution in [2.24, 2.45) is 0 Å². The summed E-state index contributed by atoms with van der Waals surface area (Å²) in [6, 6.07) is 3.69. The standard InChI is InChI=1S/C15H21F2NO2/c1-2-3-4-5-10-18(11-9-14(19)20)15-12(16)7-6-8-13(15)17/h6-8H,2-5,9-11H2,1H3,(H,19,20). The largest absolute Gasteiger partial charge is 0.481 e. The van der Waals surface area contributed by atoms with E-state index in [1.165, 1.54) is 23.1 Å². The Morgan fingerprint density at radius 2 is 1.80 bits per heavy atom. The maximum atomic E-state index is 13.8. The Kier molecular flexibility index (Phi) is 6.98. The van der Waals surface area contributed by atoms with Crippen molar-refractivity contribution in [1.29, 1.82) is 0 Å². The summed E-state index contributed by atoms with van der Waals surface area (Å²) in [5.41, 5.74) is -0.120. The summed E-state index contributed by atoms with van der Waals surface area (Å²) in [5.74, 6) is -2.27. The second kappa shape index (κ2) is 8.51. The van der Waals surface area contributed by atoms with Gasteiger partial charge in [0.15, 0.2) is 0 Å². The maximum absolute atomic E-state index is 13.8. The number of hydrogen-bond acceptors (Lipinski definition) is 2. The summed E-state index contributed by atoms with van der Waals surface area (Å²) in [7, 11) is 0. The quantitative estimate of drug-likeness (QED) is 0.701. The molecule has 3 nitrogen and oxygen atoms in total. The van der Waals surface area contributed by atoms with Crippen LogP contribution in [0, 0.1) is 11.6 Å². The predicted octanol–water partition coefficient (Wildman–Crippen LogP) is 3.83. The minimum absolute atomic E-state index is 0.110. The molecule has 1 rings (SSSR count). The van der Waals surface area contributed by atoms with Crippen LogP contribution in [0.15, 0.2) is 18.2 Å². The number of anilines is 1. The second-order valence-corrected chi connectivity index (χ2v) is 4.76. The van der Waals surface area contributed by atoms with Crippen LogP contribution in [0.5, 0.6) is 0 Å². The molecule has 0 radical (unpaired) electrons. The van der Waals surface area contributed by atoms with Crippen molar-refractivity contribution >= 4 is 11.7 Å². The number of hydrogen-bond donors (Lipinski definition) is 1. The lowest BCUT2D eigenvalue weighted by molar-refractivity contribution is -0.136. The van der Waals surface area contributed by atoms with Gasteiger partial charge in [-0.15, -0.1) is 0 Å². The Hall–Kier alpha value is -1.65. The van der Waals surface area contributed by atoms with E-state index in [0.717, 1.165) is 25.7 Å². The molecule has 0 saturated heterocycles. The molecule has 0 saturated carbocycles. The summed E-state index contributed by atoms with van der Waals surface area (Å²) in [6.45, 7) is 2.66. The maximum Gasteiger partial charge on any atom is 0.305 e. The summed E-state index contributed by atoms with van der Waals surface area (Å²) < 4.78 is 27.5. The molecule has 0 unspecified atom stereocenters. The van der Waals surface area contributed by atoms with Crippen LogP contribution in [0.2, 0.25) is 0 Å². The van der Waals surface area contributed by atoms with Gasteiger partial charge in [-0.1, -0.05) is 32.3 Å². The topological polar surface area (TPSA) is 40.5 Å². The molecule has 0 atom stereocenters. The fourth-order valence-corrected chi connectivity index (χ4v) is 2.09. The van der Waals surface area contributed by atoms with Crippen LogP contribution in [-0.4, -0.2) is 24.2 Å². The Bertz CT molecular complexity index is 418. The van der Waals surface area contributed by atoms with Crippen molar-refractivity contribution in [3.63, 3.8) is 0 Å². The fourth-order valence-electron chi connectivity index (χ4n) is 2.09. The number of carbonyl (C=O) groups is 1. The number of aliphatic carboxylic acids is 1. The average Bonchev–Trinajstić information content (AvgIpc) is 2.39. The number of halogens is 2. The number of unbranched alkanes of at least 4 members (excludes halogenated alkanes) is 3. The highest BCUT2D eigenvalue weighted by molar-refractivity contribution is 5.67. The van der Waals surface area contributed by atoms with Gasteiger partial charge in [-0.05, 0) is 18.6 Å². The van der Waals surface area contributed by atoms with Crippen LogP contribution < -0.4 is 4.90 Å². The van der Waals surface area contributed by atoms with Crippen LogP contribution in [0.4, 0.5) is 14.5 Å². The van der Waals surface area contributed by atoms with E-state index in [4.69, 9.17) is 5.11 Å². The van der Waals surface area contributed by atoms with Crippen LogP contribution in [0.1, 0.15) is 39.0 Å². The zero-order valence-electron chi connectivity index (χ0n) is 11.7. The van der Waals surface area contributed by atoms with Crippen molar-refractivity contribution in [3.8, 4) is 0 Å². The lowest BCUT2D eigenvalue weighted by atomic mass is 10.1. The van der Waals surface area contributed by atoms with Gasteiger partial charge < -0.3 is 10.0 Å². The van der Waals surface area contributed by atoms with Crippen molar-refractivity contribution in [1.82, 2.24) is 0 Å². The average molecular weight is 285 g/mol. The Balaban J connectivity index is 2.77. The molecule has 0 heterocycles. The molecule has 0 spiro atoms. The van der Waals surface area contributed by atoms with E-state index in [1.807, 2.05) is 0 Å². The van der Waals surface area contributed by atoms with Crippen LogP contribution in [-0.2, 0) is 4.79 Å². The van der Waals surface area contributed by atoms with Crippen LogP contribution in [0.25, 0.3) is 0 Å². The van der Waals surface area contributed by atoms with E-state index >= 15 is 0 Å². The number of para-hydroxylation sites is 1. The van der Waals surface area contributed by atoms with Gasteiger partial charge in [-0.3, -0.25) is 4.79 Å². The molecular weight excluding hydrogens is 264 g/mol. The second-order valence-electron chi connectivity index (χ2n) is 4.76. The van der Waals surface area contributed by atoms with E-state index in [2.05, 4.69) is 6.92 Å². The number of nitrogens with zero attached hydrogens (tertiary/aromatic N) is 1. The van der Waals surface area contributed by atoms with Crippen LogP contribution >= 0.6 is 0 Å². The lowest BCUT2D eigenvalue weighted by Crippen LogP contribution is -2.29. The van der Waals surface area contributed by atoms with Gasteiger partial charge in [0.2, 0.25) is 0 Å². The molecule has 20 heavy (non-hydrogen) atoms. The van der Waals surface area contributed by atoms with Gasteiger partial charge >= 0.3 is 5.97 Å². The zero-order valence-corrected chi connectivity index (χ0v) is 11.7. The predicted molar refractivity (Wildman–Crippen MR) is 75.0 cm³/mol. The van der Waals surface area contributed by atoms with Crippen molar-refractivity contribution in [2.45, 2.75) is 39.0 Å². The van der Waals surface area contributed by atoms with Gasteiger partial charge in [0.05, 0.1) is 6.42 Å². The lowest BCUT2D eigenvalue weighted by Gasteiger charge is -2.25. The van der Waals surface area contributed by atoms with Gasteiger partial charge in [0, 0.05) is 13.1 Å². The molecule has 0 aliphatic carbocycles. The van der Waals surface area contributed by atoms with E-state index < -0.39 is 17.6 Å². The van der Waals surface area contributed by atoms with Crippen molar-refractivity contribution in [2.75, 3.05) is 18.0 Å². The molecule has 0 bridgehead atoms. The molecule has 0 amide bonds. The molecule has 0 aliphatic rings. The fraction of sp³-hybridized carbons (Fsp3) is 0.533. The monoisotopic (exact) mass is 285 g/mol. The summed E-state index contributed by atoms with van der Waals surface area (Å²) in [5, 5.41) is 8.74. The minimum atomic E-state index is -0.972. The van der Waals surface area contributed by atoms with Crippen molar-refractivity contribution in [3.05, 3.63) is 29.8 Å². The number of benzene rings is 1. The molecule has 0 aromatic heterocycles. The zero-order chi connectivity index (χ0) is 15.0. The first kappa shape index (κ1) is 16.4. The third-order valence-corrected chi connectivity index (χ3v) is 3.13. The molecule has 0 aliphatic heterocycles. The van der Waals surface area contributed by atoms with E-state index in [1.54, 1.807) is 0 Å². The smallest absolute Gasteiger partial charge is 0.305 e. The van der Waals surface area contributed by atoms with Gasteiger partial charge in [0.25, 0.3) is 0 Å². The minimum Gasteiger partial charge on any atom is -0.481 e. The Morgan fingerprint density at radius 1 is 1.15 bits per heavy atom. The van der Waals surface area contributed by atoms with E-state index in [9.17, 15) is 13.6 Å². The van der Waals surface area contributed by atoms with E-state index in [-0.39, 0.29) is 18.7 Å². The highest BCUT2D eigenvalue weighted by atomic mass is 19.1. The first-order chi connectivity index (χ1) is 9.56. The number of carboxylic acids is 1. The highest BCUT2D eigenvalue weighted by Crippen LogP contribution is 2.24. The molecule has 0 fully saturated rings. The molecule has 112 valence electrons. The molecule has 5 heteroatoms. The molecule has 1 aromatic rings. The van der Waals surface area contributed by atoms with Gasteiger partial charge in [-0.25, -0.2) is 8.78 Å². The third kappa shape index (κ3) is 5.15. The molecule has 1 N–H and O–H groups in total.